The van der Waals surface area contributed by atoms with Crippen molar-refractivity contribution in [2.45, 2.75) is 31.2 Å². The van der Waals surface area contributed by atoms with Crippen LogP contribution in [0.4, 0.5) is 0 Å². The second-order valence-corrected chi connectivity index (χ2v) is 12.2. The molecule has 0 saturated carbocycles. The van der Waals surface area contributed by atoms with Crippen LogP contribution in [0.3, 0.4) is 0 Å². The molecule has 1 aliphatic carbocycles. The average Bonchev–Trinajstić information content (AvgIpc) is 2.60. The van der Waals surface area contributed by atoms with Crippen molar-refractivity contribution in [1.29, 1.82) is 5.26 Å². The summed E-state index contributed by atoms with van der Waals surface area (Å²) in [6, 6.07) is 17.4. The summed E-state index contributed by atoms with van der Waals surface area (Å²) in [4.78, 5) is 0. The van der Waals surface area contributed by atoms with Crippen LogP contribution < -0.4 is 0 Å². The van der Waals surface area contributed by atoms with Crippen molar-refractivity contribution in [3.05, 3.63) is 76.9 Å². The second-order valence-electron chi connectivity index (χ2n) is 7.43. The lowest BCUT2D eigenvalue weighted by molar-refractivity contribution is 0.0828. The quantitative estimate of drug-likeness (QED) is 0.614. The van der Waals surface area contributed by atoms with Crippen molar-refractivity contribution >= 4 is 14.1 Å². The number of nitrogens with zero attached hydrogens (tertiary/aromatic N) is 1. The Balaban J connectivity index is 2.20. The maximum absolute atomic E-state index is 11.7. The summed E-state index contributed by atoms with van der Waals surface area (Å²) in [6.07, 6.45) is 4.03. The number of hydrogen-bond donors (Lipinski definition) is 1. The maximum atomic E-state index is 11.7. The van der Waals surface area contributed by atoms with E-state index in [4.69, 9.17) is 0 Å². The van der Waals surface area contributed by atoms with Crippen LogP contribution in [0.5, 0.6) is 0 Å². The van der Waals surface area contributed by atoms with E-state index < -0.39 is 13.7 Å². The molecule has 124 valence electrons. The molecule has 0 saturated heterocycles. The van der Waals surface area contributed by atoms with Crippen LogP contribution in [-0.4, -0.2) is 13.2 Å². The SMILES string of the molecule is C[Si](C)(C)C#CC1(O)c2ccccc2C=CC1c1cccc(C#N)c1. The zero-order valence-electron chi connectivity index (χ0n) is 14.7. The number of benzene rings is 2. The molecule has 2 atom stereocenters. The van der Waals surface area contributed by atoms with Crippen molar-refractivity contribution < 1.29 is 5.11 Å². The maximum Gasteiger partial charge on any atom is 0.161 e. The van der Waals surface area contributed by atoms with Gasteiger partial charge in [0.25, 0.3) is 0 Å². The van der Waals surface area contributed by atoms with Gasteiger partial charge >= 0.3 is 0 Å². The highest BCUT2D eigenvalue weighted by Gasteiger charge is 2.40. The Kier molecular flexibility index (Phi) is 4.39. The highest BCUT2D eigenvalue weighted by molar-refractivity contribution is 6.83. The lowest BCUT2D eigenvalue weighted by Gasteiger charge is -2.35. The van der Waals surface area contributed by atoms with E-state index in [2.05, 4.69) is 37.2 Å². The zero-order valence-corrected chi connectivity index (χ0v) is 15.7. The molecule has 3 rings (SSSR count). The molecule has 1 aliphatic rings. The van der Waals surface area contributed by atoms with Crippen LogP contribution in [-0.2, 0) is 5.60 Å². The summed E-state index contributed by atoms with van der Waals surface area (Å²) in [5.74, 6) is 2.91. The van der Waals surface area contributed by atoms with Crippen molar-refractivity contribution in [3.63, 3.8) is 0 Å². The lowest BCUT2D eigenvalue weighted by Crippen LogP contribution is -2.35. The molecule has 2 aromatic rings. The van der Waals surface area contributed by atoms with Crippen molar-refractivity contribution in [1.82, 2.24) is 0 Å². The van der Waals surface area contributed by atoms with Crippen LogP contribution in [0.2, 0.25) is 19.6 Å². The van der Waals surface area contributed by atoms with Gasteiger partial charge in [0.05, 0.1) is 11.6 Å². The van der Waals surface area contributed by atoms with E-state index >= 15 is 0 Å². The molecule has 3 heteroatoms. The zero-order chi connectivity index (χ0) is 18.1. The fourth-order valence-electron chi connectivity index (χ4n) is 3.08. The first-order valence-electron chi connectivity index (χ1n) is 8.38. The first kappa shape index (κ1) is 17.2. The van der Waals surface area contributed by atoms with E-state index in [-0.39, 0.29) is 5.92 Å². The molecule has 2 aromatic carbocycles. The molecule has 0 aliphatic heterocycles. The van der Waals surface area contributed by atoms with Gasteiger partial charge in [0.2, 0.25) is 0 Å². The number of rotatable bonds is 1. The molecular weight excluding hydrogens is 322 g/mol. The minimum absolute atomic E-state index is 0.306. The third kappa shape index (κ3) is 3.44. The minimum Gasteiger partial charge on any atom is -0.372 e. The molecule has 2 unspecified atom stereocenters. The van der Waals surface area contributed by atoms with Gasteiger partial charge in [-0.15, -0.1) is 5.54 Å². The fourth-order valence-corrected chi connectivity index (χ4v) is 3.64. The molecule has 0 bridgehead atoms. The van der Waals surface area contributed by atoms with E-state index in [0.717, 1.165) is 16.7 Å². The van der Waals surface area contributed by atoms with E-state index in [1.54, 1.807) is 6.07 Å². The molecule has 0 fully saturated rings. The summed E-state index contributed by atoms with van der Waals surface area (Å²) in [5, 5.41) is 20.9. The standard InChI is InChI=1S/C22H21NOSi/c1-25(2,3)14-13-22(24)20-10-5-4-8-18(20)11-12-21(22)19-9-6-7-17(15-19)16-23/h4-12,15,21,24H,1-3H3. The molecule has 2 nitrogen and oxygen atoms in total. The Labute approximate surface area is 150 Å². The number of hydrogen-bond acceptors (Lipinski definition) is 2. The smallest absolute Gasteiger partial charge is 0.161 e. The lowest BCUT2D eigenvalue weighted by atomic mass is 9.72. The third-order valence-electron chi connectivity index (χ3n) is 4.29. The largest absolute Gasteiger partial charge is 0.372 e. The van der Waals surface area contributed by atoms with Crippen molar-refractivity contribution in [2.24, 2.45) is 0 Å². The Morgan fingerprint density at radius 2 is 1.84 bits per heavy atom. The monoisotopic (exact) mass is 343 g/mol. The Hall–Kier alpha value is -2.59. The van der Waals surface area contributed by atoms with Gasteiger partial charge in [-0.3, -0.25) is 0 Å². The van der Waals surface area contributed by atoms with Crippen LogP contribution in [0, 0.1) is 22.8 Å². The summed E-state index contributed by atoms with van der Waals surface area (Å²) < 4.78 is 0. The molecule has 0 spiro atoms. The summed E-state index contributed by atoms with van der Waals surface area (Å²) >= 11 is 0. The van der Waals surface area contributed by atoms with Crippen molar-refractivity contribution in [2.75, 3.05) is 0 Å². The van der Waals surface area contributed by atoms with Gasteiger partial charge in [-0.2, -0.15) is 5.26 Å². The Morgan fingerprint density at radius 3 is 2.56 bits per heavy atom. The van der Waals surface area contributed by atoms with Crippen LogP contribution in [0.25, 0.3) is 6.08 Å². The van der Waals surface area contributed by atoms with Gasteiger partial charge in [0.1, 0.15) is 8.07 Å². The van der Waals surface area contributed by atoms with Gasteiger partial charge in [-0.1, -0.05) is 74.1 Å². The number of nitriles is 1. The predicted octanol–water partition coefficient (Wildman–Crippen LogP) is 4.44. The minimum atomic E-state index is -1.66. The first-order valence-corrected chi connectivity index (χ1v) is 11.9. The Morgan fingerprint density at radius 1 is 1.08 bits per heavy atom. The van der Waals surface area contributed by atoms with Gasteiger partial charge in [0.15, 0.2) is 5.60 Å². The topological polar surface area (TPSA) is 44.0 Å². The van der Waals surface area contributed by atoms with Gasteiger partial charge in [-0.25, -0.2) is 0 Å². The summed E-state index contributed by atoms with van der Waals surface area (Å²) in [6.45, 7) is 6.50. The van der Waals surface area contributed by atoms with Crippen LogP contribution in [0.1, 0.15) is 28.2 Å². The first-order chi connectivity index (χ1) is 11.8. The molecule has 25 heavy (non-hydrogen) atoms. The highest BCUT2D eigenvalue weighted by Crippen LogP contribution is 2.43. The van der Waals surface area contributed by atoms with E-state index in [0.29, 0.717) is 5.56 Å². The molecule has 0 radical (unpaired) electrons. The molecule has 0 amide bonds. The van der Waals surface area contributed by atoms with Crippen molar-refractivity contribution in [3.8, 4) is 17.5 Å². The Bertz CT molecular complexity index is 937. The predicted molar refractivity (Wildman–Crippen MR) is 104 cm³/mol. The van der Waals surface area contributed by atoms with Gasteiger partial charge in [0, 0.05) is 11.5 Å². The van der Waals surface area contributed by atoms with Crippen LogP contribution >= 0.6 is 0 Å². The number of aliphatic hydroxyl groups is 1. The molecule has 1 N–H and O–H groups in total. The average molecular weight is 344 g/mol. The number of fused-ring (bicyclic) bond motifs is 1. The fraction of sp³-hybridized carbons (Fsp3) is 0.227. The molecular formula is C22H21NOSi. The summed E-state index contributed by atoms with van der Waals surface area (Å²) in [5.41, 5.74) is 5.36. The van der Waals surface area contributed by atoms with Gasteiger partial charge < -0.3 is 5.11 Å². The summed E-state index contributed by atoms with van der Waals surface area (Å²) in [7, 11) is -1.66. The third-order valence-corrected chi connectivity index (χ3v) is 5.17. The molecule has 0 heterocycles. The van der Waals surface area contributed by atoms with E-state index in [1.165, 1.54) is 0 Å². The van der Waals surface area contributed by atoms with E-state index in [9.17, 15) is 10.4 Å². The van der Waals surface area contributed by atoms with Gasteiger partial charge in [-0.05, 0) is 23.3 Å². The second kappa shape index (κ2) is 6.37. The van der Waals surface area contributed by atoms with E-state index in [1.807, 2.05) is 54.6 Å². The molecule has 0 aromatic heterocycles. The van der Waals surface area contributed by atoms with Crippen LogP contribution in [0.15, 0.2) is 54.6 Å². The highest BCUT2D eigenvalue weighted by atomic mass is 28.3. The normalized spacial score (nSPS) is 21.6.